The molecule has 0 radical (unpaired) electrons. The van der Waals surface area contributed by atoms with Crippen molar-refractivity contribution in [1.82, 2.24) is 4.98 Å². The molecule has 1 aromatic heterocycles. The van der Waals surface area contributed by atoms with E-state index < -0.39 is 5.41 Å². The number of halogens is 1. The average molecular weight is 339 g/mol. The Balaban J connectivity index is 1.43. The Labute approximate surface area is 144 Å². The van der Waals surface area contributed by atoms with Gasteiger partial charge in [-0.2, -0.15) is 0 Å². The molecule has 25 heavy (non-hydrogen) atoms. The van der Waals surface area contributed by atoms with Gasteiger partial charge in [-0.3, -0.25) is 9.59 Å². The summed E-state index contributed by atoms with van der Waals surface area (Å²) in [7, 11) is 0. The second kappa shape index (κ2) is 5.95. The fraction of sp³-hybridized carbons (Fsp3) is 0.316. The zero-order valence-corrected chi connectivity index (χ0v) is 13.6. The number of nitrogens with zero attached hydrogens (tertiary/aromatic N) is 1. The fourth-order valence-corrected chi connectivity index (χ4v) is 2.92. The highest BCUT2D eigenvalue weighted by Gasteiger charge is 2.51. The van der Waals surface area contributed by atoms with Gasteiger partial charge in [0.25, 0.3) is 0 Å². The van der Waals surface area contributed by atoms with E-state index in [1.165, 1.54) is 18.3 Å². The summed E-state index contributed by atoms with van der Waals surface area (Å²) >= 11 is 0. The third-order valence-corrected chi connectivity index (χ3v) is 4.78. The molecule has 0 saturated heterocycles. The van der Waals surface area contributed by atoms with Crippen molar-refractivity contribution in [1.29, 1.82) is 0 Å². The predicted octanol–water partition coefficient (Wildman–Crippen LogP) is 3.24. The van der Waals surface area contributed by atoms with Crippen LogP contribution in [-0.2, 0) is 15.0 Å². The van der Waals surface area contributed by atoms with Gasteiger partial charge in [0.15, 0.2) is 0 Å². The largest absolute Gasteiger partial charge is 0.324 e. The molecule has 1 heterocycles. The van der Waals surface area contributed by atoms with Crippen molar-refractivity contribution in [3.63, 3.8) is 0 Å². The SMILES string of the molecule is O=C(Nc1ccc(NC(=O)C2(c3cccc(F)c3)CC2)cn1)C1CC1. The number of carbonyl (C=O) groups excluding carboxylic acids is 2. The molecule has 128 valence electrons. The smallest absolute Gasteiger partial charge is 0.235 e. The van der Waals surface area contributed by atoms with E-state index in [0.29, 0.717) is 29.9 Å². The number of aromatic nitrogens is 1. The molecular weight excluding hydrogens is 321 g/mol. The lowest BCUT2D eigenvalue weighted by molar-refractivity contribution is -0.118. The summed E-state index contributed by atoms with van der Waals surface area (Å²) in [6.45, 7) is 0. The standard InChI is InChI=1S/C19H18FN3O2/c20-14-3-1-2-13(10-14)19(8-9-19)18(25)22-15-6-7-16(21-11-15)23-17(24)12-4-5-12/h1-3,6-7,10-12H,4-5,8-9H2,(H,22,25)(H,21,23,24). The van der Waals surface area contributed by atoms with Crippen LogP contribution >= 0.6 is 0 Å². The van der Waals surface area contributed by atoms with Gasteiger partial charge in [-0.25, -0.2) is 9.37 Å². The maximum atomic E-state index is 13.4. The average Bonchev–Trinajstić information content (AvgIpc) is 3.49. The molecule has 2 saturated carbocycles. The van der Waals surface area contributed by atoms with Gasteiger partial charge in [0, 0.05) is 5.92 Å². The highest BCUT2D eigenvalue weighted by atomic mass is 19.1. The van der Waals surface area contributed by atoms with Gasteiger partial charge in [0.1, 0.15) is 11.6 Å². The van der Waals surface area contributed by atoms with Crippen molar-refractivity contribution < 1.29 is 14.0 Å². The highest BCUT2D eigenvalue weighted by Crippen LogP contribution is 2.49. The maximum Gasteiger partial charge on any atom is 0.235 e. The van der Waals surface area contributed by atoms with Gasteiger partial charge in [0.2, 0.25) is 11.8 Å². The summed E-state index contributed by atoms with van der Waals surface area (Å²) in [5, 5.41) is 5.60. The van der Waals surface area contributed by atoms with Crippen molar-refractivity contribution in [2.75, 3.05) is 10.6 Å². The van der Waals surface area contributed by atoms with E-state index in [-0.39, 0.29) is 23.5 Å². The minimum Gasteiger partial charge on any atom is -0.324 e. The first-order valence-corrected chi connectivity index (χ1v) is 8.41. The first-order chi connectivity index (χ1) is 12.1. The van der Waals surface area contributed by atoms with Crippen LogP contribution in [0.4, 0.5) is 15.9 Å². The summed E-state index contributed by atoms with van der Waals surface area (Å²) in [4.78, 5) is 28.5. The molecule has 2 fully saturated rings. The third kappa shape index (κ3) is 3.24. The quantitative estimate of drug-likeness (QED) is 0.878. The van der Waals surface area contributed by atoms with Crippen LogP contribution in [0.2, 0.25) is 0 Å². The number of nitrogens with one attached hydrogen (secondary N) is 2. The molecule has 2 amide bonds. The van der Waals surface area contributed by atoms with Crippen molar-refractivity contribution >= 4 is 23.3 Å². The highest BCUT2D eigenvalue weighted by molar-refractivity contribution is 6.01. The van der Waals surface area contributed by atoms with E-state index in [0.717, 1.165) is 12.8 Å². The van der Waals surface area contributed by atoms with Crippen molar-refractivity contribution in [2.24, 2.45) is 5.92 Å². The van der Waals surface area contributed by atoms with E-state index in [4.69, 9.17) is 0 Å². The molecule has 1 aromatic carbocycles. The summed E-state index contributed by atoms with van der Waals surface area (Å²) in [6.07, 6.45) is 4.78. The first-order valence-electron chi connectivity index (χ1n) is 8.41. The molecule has 0 aliphatic heterocycles. The number of pyridine rings is 1. The molecule has 0 unspecified atom stereocenters. The zero-order valence-electron chi connectivity index (χ0n) is 13.6. The van der Waals surface area contributed by atoms with Crippen LogP contribution in [0.25, 0.3) is 0 Å². The molecule has 2 aliphatic rings. The minimum atomic E-state index is -0.652. The Morgan fingerprint density at radius 2 is 1.92 bits per heavy atom. The number of benzene rings is 1. The Morgan fingerprint density at radius 3 is 2.52 bits per heavy atom. The van der Waals surface area contributed by atoms with E-state index in [1.807, 2.05) is 0 Å². The van der Waals surface area contributed by atoms with Crippen molar-refractivity contribution in [2.45, 2.75) is 31.1 Å². The molecule has 2 aliphatic carbocycles. The van der Waals surface area contributed by atoms with Crippen LogP contribution < -0.4 is 10.6 Å². The molecule has 6 heteroatoms. The second-order valence-electron chi connectivity index (χ2n) is 6.74. The molecule has 2 aromatic rings. The Morgan fingerprint density at radius 1 is 1.12 bits per heavy atom. The van der Waals surface area contributed by atoms with E-state index in [9.17, 15) is 14.0 Å². The van der Waals surface area contributed by atoms with E-state index >= 15 is 0 Å². The maximum absolute atomic E-state index is 13.4. The Bertz CT molecular complexity index is 827. The van der Waals surface area contributed by atoms with Gasteiger partial charge in [-0.1, -0.05) is 12.1 Å². The second-order valence-corrected chi connectivity index (χ2v) is 6.74. The van der Waals surface area contributed by atoms with Crippen molar-refractivity contribution in [3.05, 3.63) is 54.0 Å². The summed E-state index contributed by atoms with van der Waals surface area (Å²) in [6, 6.07) is 9.56. The minimum absolute atomic E-state index is 0.00711. The number of carbonyl (C=O) groups is 2. The van der Waals surface area contributed by atoms with Crippen LogP contribution in [0.15, 0.2) is 42.6 Å². The van der Waals surface area contributed by atoms with Crippen LogP contribution in [0.3, 0.4) is 0 Å². The van der Waals surface area contributed by atoms with E-state index in [1.54, 1.807) is 24.3 Å². The van der Waals surface area contributed by atoms with Gasteiger partial charge in [-0.05, 0) is 55.5 Å². The molecule has 0 spiro atoms. The van der Waals surface area contributed by atoms with Crippen LogP contribution in [0.1, 0.15) is 31.2 Å². The Hall–Kier alpha value is -2.76. The lowest BCUT2D eigenvalue weighted by atomic mass is 9.95. The van der Waals surface area contributed by atoms with Gasteiger partial charge >= 0.3 is 0 Å². The summed E-state index contributed by atoms with van der Waals surface area (Å²) < 4.78 is 13.4. The summed E-state index contributed by atoms with van der Waals surface area (Å²) in [5.74, 6) is 0.0827. The molecular formula is C19H18FN3O2. The Kier molecular flexibility index (Phi) is 3.75. The normalized spacial score (nSPS) is 17.6. The predicted molar refractivity (Wildman–Crippen MR) is 91.5 cm³/mol. The number of amides is 2. The molecule has 4 rings (SSSR count). The summed E-state index contributed by atoms with van der Waals surface area (Å²) in [5.41, 5.74) is 0.601. The van der Waals surface area contributed by atoms with Crippen LogP contribution in [0, 0.1) is 11.7 Å². The van der Waals surface area contributed by atoms with Crippen LogP contribution in [-0.4, -0.2) is 16.8 Å². The van der Waals surface area contributed by atoms with Gasteiger partial charge in [-0.15, -0.1) is 0 Å². The van der Waals surface area contributed by atoms with E-state index in [2.05, 4.69) is 15.6 Å². The lowest BCUT2D eigenvalue weighted by Gasteiger charge is -2.16. The van der Waals surface area contributed by atoms with Gasteiger partial charge < -0.3 is 10.6 Å². The number of hydrogen-bond donors (Lipinski definition) is 2. The molecule has 5 nitrogen and oxygen atoms in total. The fourth-order valence-electron chi connectivity index (χ4n) is 2.92. The lowest BCUT2D eigenvalue weighted by Crippen LogP contribution is -2.28. The number of anilines is 2. The molecule has 0 bridgehead atoms. The number of rotatable bonds is 5. The van der Waals surface area contributed by atoms with Crippen LogP contribution in [0.5, 0.6) is 0 Å². The molecule has 2 N–H and O–H groups in total. The topological polar surface area (TPSA) is 71.1 Å². The third-order valence-electron chi connectivity index (χ3n) is 4.78. The first kappa shape index (κ1) is 15.7. The monoisotopic (exact) mass is 339 g/mol. The zero-order chi connectivity index (χ0) is 17.4. The molecule has 0 atom stereocenters. The van der Waals surface area contributed by atoms with Gasteiger partial charge in [0.05, 0.1) is 17.3 Å². The number of hydrogen-bond acceptors (Lipinski definition) is 3. The van der Waals surface area contributed by atoms with Crippen molar-refractivity contribution in [3.8, 4) is 0 Å².